The maximum atomic E-state index is 11.0. The van der Waals surface area contributed by atoms with E-state index >= 15 is 0 Å². The molecule has 0 unspecified atom stereocenters. The minimum absolute atomic E-state index is 0.191. The molecule has 0 atom stereocenters. The normalized spacial score (nSPS) is 11.5. The van der Waals surface area contributed by atoms with Gasteiger partial charge in [-0.1, -0.05) is 0 Å². The lowest BCUT2D eigenvalue weighted by Crippen LogP contribution is -2.08. The van der Waals surface area contributed by atoms with E-state index in [1.54, 1.807) is 0 Å². The summed E-state index contributed by atoms with van der Waals surface area (Å²) in [5, 5.41) is 8.86. The van der Waals surface area contributed by atoms with E-state index < -0.39 is 21.0 Å². The molecule has 0 heterocycles. The second-order valence-corrected chi connectivity index (χ2v) is 5.14. The van der Waals surface area contributed by atoms with Gasteiger partial charge in [-0.15, -0.1) is 12.6 Å². The number of benzene rings is 1. The Morgan fingerprint density at radius 3 is 2.19 bits per heavy atom. The molecular weight excluding hydrogens is 252 g/mol. The van der Waals surface area contributed by atoms with Crippen molar-refractivity contribution in [1.29, 1.82) is 0 Å². The van der Waals surface area contributed by atoms with Gasteiger partial charge in [-0.25, -0.2) is 4.79 Å². The third-order valence-electron chi connectivity index (χ3n) is 2.27. The fourth-order valence-electron chi connectivity index (χ4n) is 1.36. The Hall–Kier alpha value is -1.05. The van der Waals surface area contributed by atoms with Crippen LogP contribution in [0.4, 0.5) is 0 Å². The second kappa shape index (κ2) is 4.08. The first kappa shape index (κ1) is 13.0. The molecular formula is C9H10O5S2. The molecule has 0 saturated carbocycles. The lowest BCUT2D eigenvalue weighted by molar-refractivity contribution is 0.0695. The molecule has 2 N–H and O–H groups in total. The van der Waals surface area contributed by atoms with E-state index in [1.165, 1.54) is 13.8 Å². The van der Waals surface area contributed by atoms with Crippen molar-refractivity contribution in [3.8, 4) is 0 Å². The second-order valence-electron chi connectivity index (χ2n) is 3.30. The molecule has 0 radical (unpaired) electrons. The van der Waals surface area contributed by atoms with Crippen molar-refractivity contribution >= 4 is 28.7 Å². The van der Waals surface area contributed by atoms with E-state index in [0.717, 1.165) is 6.07 Å². The van der Waals surface area contributed by atoms with Crippen LogP contribution in [-0.2, 0) is 10.1 Å². The summed E-state index contributed by atoms with van der Waals surface area (Å²) in [5.41, 5.74) is 0.400. The zero-order valence-electron chi connectivity index (χ0n) is 8.55. The van der Waals surface area contributed by atoms with Gasteiger partial charge in [0.25, 0.3) is 10.1 Å². The predicted octanol–water partition coefficient (Wildman–Crippen LogP) is 1.54. The fraction of sp³-hybridized carbons (Fsp3) is 0.222. The number of hydrogen-bond acceptors (Lipinski definition) is 4. The summed E-state index contributed by atoms with van der Waals surface area (Å²) >= 11 is 4.04. The number of hydrogen-bond donors (Lipinski definition) is 3. The largest absolute Gasteiger partial charge is 0.478 e. The lowest BCUT2D eigenvalue weighted by atomic mass is 10.1. The topological polar surface area (TPSA) is 91.7 Å². The molecule has 16 heavy (non-hydrogen) atoms. The van der Waals surface area contributed by atoms with Gasteiger partial charge in [0.1, 0.15) is 0 Å². The minimum Gasteiger partial charge on any atom is -0.478 e. The Labute approximate surface area is 98.3 Å². The molecule has 0 bridgehead atoms. The standard InChI is InChI=1S/C9H10O5S2/c1-4-6(9(10)11)3-7(16(12,13)14)5(2)8(4)15/h3,15H,1-2H3,(H,10,11)(H,12,13,14). The smallest absolute Gasteiger partial charge is 0.336 e. The van der Waals surface area contributed by atoms with Crippen LogP contribution in [0.25, 0.3) is 0 Å². The van der Waals surface area contributed by atoms with E-state index in [2.05, 4.69) is 12.6 Å². The average Bonchev–Trinajstić information content (AvgIpc) is 2.11. The molecule has 0 aliphatic heterocycles. The molecule has 0 aliphatic carbocycles. The van der Waals surface area contributed by atoms with E-state index in [-0.39, 0.29) is 16.0 Å². The van der Waals surface area contributed by atoms with Crippen LogP contribution in [-0.4, -0.2) is 24.0 Å². The van der Waals surface area contributed by atoms with Gasteiger partial charge in [0, 0.05) is 4.90 Å². The summed E-state index contributed by atoms with van der Waals surface area (Å²) in [6.07, 6.45) is 0. The minimum atomic E-state index is -4.44. The first-order valence-corrected chi connectivity index (χ1v) is 6.09. The van der Waals surface area contributed by atoms with Gasteiger partial charge in [-0.2, -0.15) is 8.42 Å². The van der Waals surface area contributed by atoms with Gasteiger partial charge in [-0.3, -0.25) is 4.55 Å². The maximum absolute atomic E-state index is 11.0. The van der Waals surface area contributed by atoms with Crippen molar-refractivity contribution < 1.29 is 22.9 Å². The average molecular weight is 262 g/mol. The lowest BCUT2D eigenvalue weighted by Gasteiger charge is -2.11. The molecule has 0 fully saturated rings. The summed E-state index contributed by atoms with van der Waals surface area (Å²) in [6, 6.07) is 0.933. The van der Waals surface area contributed by atoms with Crippen LogP contribution in [0.2, 0.25) is 0 Å². The van der Waals surface area contributed by atoms with Crippen molar-refractivity contribution in [3.05, 3.63) is 22.8 Å². The van der Waals surface area contributed by atoms with Crippen LogP contribution in [0.3, 0.4) is 0 Å². The van der Waals surface area contributed by atoms with E-state index in [0.29, 0.717) is 5.56 Å². The van der Waals surface area contributed by atoms with Crippen molar-refractivity contribution in [2.45, 2.75) is 23.6 Å². The van der Waals surface area contributed by atoms with Crippen LogP contribution in [0, 0.1) is 13.8 Å². The monoisotopic (exact) mass is 262 g/mol. The molecule has 0 spiro atoms. The summed E-state index contributed by atoms with van der Waals surface area (Å²) in [5.74, 6) is -1.27. The van der Waals surface area contributed by atoms with Gasteiger partial charge in [0.15, 0.2) is 0 Å². The number of aromatic carboxylic acids is 1. The molecule has 1 aromatic rings. The molecule has 88 valence electrons. The van der Waals surface area contributed by atoms with Crippen LogP contribution < -0.4 is 0 Å². The molecule has 0 aromatic heterocycles. The summed E-state index contributed by atoms with van der Waals surface area (Å²) in [7, 11) is -4.44. The van der Waals surface area contributed by atoms with Crippen LogP contribution in [0.1, 0.15) is 21.5 Å². The molecule has 1 aromatic carbocycles. The molecule has 7 heteroatoms. The van der Waals surface area contributed by atoms with Crippen LogP contribution >= 0.6 is 12.6 Å². The van der Waals surface area contributed by atoms with Gasteiger partial charge in [0.2, 0.25) is 0 Å². The number of thiol groups is 1. The molecule has 0 saturated heterocycles. The van der Waals surface area contributed by atoms with Crippen molar-refractivity contribution in [3.63, 3.8) is 0 Å². The molecule has 5 nitrogen and oxygen atoms in total. The van der Waals surface area contributed by atoms with Crippen molar-refractivity contribution in [2.75, 3.05) is 0 Å². The van der Waals surface area contributed by atoms with Gasteiger partial charge >= 0.3 is 5.97 Å². The number of carboxylic acid groups (broad SMARTS) is 1. The highest BCUT2D eigenvalue weighted by molar-refractivity contribution is 7.86. The van der Waals surface area contributed by atoms with Gasteiger partial charge in [-0.05, 0) is 31.0 Å². The molecule has 0 amide bonds. The summed E-state index contributed by atoms with van der Waals surface area (Å²) in [6.45, 7) is 2.97. The first-order valence-electron chi connectivity index (χ1n) is 4.20. The Kier molecular flexibility index (Phi) is 3.32. The maximum Gasteiger partial charge on any atom is 0.336 e. The highest BCUT2D eigenvalue weighted by atomic mass is 32.2. The molecule has 1 rings (SSSR count). The van der Waals surface area contributed by atoms with E-state index in [9.17, 15) is 13.2 Å². The van der Waals surface area contributed by atoms with Gasteiger partial charge < -0.3 is 5.11 Å². The highest BCUT2D eigenvalue weighted by Crippen LogP contribution is 2.28. The zero-order valence-corrected chi connectivity index (χ0v) is 10.3. The molecule has 0 aliphatic rings. The Bertz CT molecular complexity index is 560. The van der Waals surface area contributed by atoms with Crippen molar-refractivity contribution in [1.82, 2.24) is 0 Å². The Morgan fingerprint density at radius 1 is 1.31 bits per heavy atom. The number of carboxylic acids is 1. The van der Waals surface area contributed by atoms with Crippen LogP contribution in [0.15, 0.2) is 15.9 Å². The van der Waals surface area contributed by atoms with Crippen molar-refractivity contribution in [2.24, 2.45) is 0 Å². The first-order chi connectivity index (χ1) is 7.16. The number of rotatable bonds is 2. The quantitative estimate of drug-likeness (QED) is 0.555. The Balaban J connectivity index is 3.74. The summed E-state index contributed by atoms with van der Waals surface area (Å²) < 4.78 is 31.0. The van der Waals surface area contributed by atoms with E-state index in [1.807, 2.05) is 0 Å². The predicted molar refractivity (Wildman–Crippen MR) is 59.9 cm³/mol. The van der Waals surface area contributed by atoms with Crippen LogP contribution in [0.5, 0.6) is 0 Å². The Morgan fingerprint density at radius 2 is 1.81 bits per heavy atom. The zero-order chi connectivity index (χ0) is 12.7. The number of carbonyl (C=O) groups is 1. The third-order valence-corrected chi connectivity index (χ3v) is 3.92. The van der Waals surface area contributed by atoms with E-state index in [4.69, 9.17) is 9.66 Å². The highest BCUT2D eigenvalue weighted by Gasteiger charge is 2.21. The summed E-state index contributed by atoms with van der Waals surface area (Å²) in [4.78, 5) is 10.7. The van der Waals surface area contributed by atoms with Gasteiger partial charge in [0.05, 0.1) is 10.5 Å². The fourth-order valence-corrected chi connectivity index (χ4v) is 2.44. The third kappa shape index (κ3) is 2.21. The SMILES string of the molecule is Cc1c(C(=O)O)cc(S(=O)(=O)O)c(C)c1S.